The first-order chi connectivity index (χ1) is 12.5. The fraction of sp³-hybridized carbons (Fsp3) is 0.526. The molecule has 26 heavy (non-hydrogen) atoms. The molecule has 0 atom stereocenters. The van der Waals surface area contributed by atoms with Crippen molar-refractivity contribution in [2.75, 3.05) is 13.7 Å². The minimum absolute atomic E-state index is 0.347. The Morgan fingerprint density at radius 2 is 2.08 bits per heavy atom. The summed E-state index contributed by atoms with van der Waals surface area (Å²) in [6.45, 7) is 12.0. The quantitative estimate of drug-likeness (QED) is 0.584. The van der Waals surface area contributed by atoms with Gasteiger partial charge in [0, 0.05) is 29.9 Å². The van der Waals surface area contributed by atoms with E-state index >= 15 is 0 Å². The Morgan fingerprint density at radius 1 is 1.31 bits per heavy atom. The predicted molar refractivity (Wildman–Crippen MR) is 103 cm³/mol. The van der Waals surface area contributed by atoms with Crippen LogP contribution in [0.4, 0.5) is 0 Å². The van der Waals surface area contributed by atoms with E-state index in [0.29, 0.717) is 25.0 Å². The molecule has 0 saturated carbocycles. The number of ether oxygens (including phenoxy) is 1. The van der Waals surface area contributed by atoms with Gasteiger partial charge in [-0.3, -0.25) is 4.98 Å². The molecule has 2 heterocycles. The lowest BCUT2D eigenvalue weighted by Gasteiger charge is -2.12. The monoisotopic (exact) mass is 359 g/mol. The lowest BCUT2D eigenvalue weighted by Crippen LogP contribution is -2.36. The van der Waals surface area contributed by atoms with Crippen LogP contribution in [-0.2, 0) is 13.1 Å². The van der Waals surface area contributed by atoms with Crippen LogP contribution in [0.15, 0.2) is 21.8 Å². The average Bonchev–Trinajstić information content (AvgIpc) is 3.08. The second kappa shape index (κ2) is 9.22. The maximum atomic E-state index is 5.46. The Morgan fingerprint density at radius 3 is 2.69 bits per heavy atom. The normalized spacial score (nSPS) is 11.7. The lowest BCUT2D eigenvalue weighted by molar-refractivity contribution is 0.372. The highest BCUT2D eigenvalue weighted by Crippen LogP contribution is 2.24. The minimum atomic E-state index is 0.347. The van der Waals surface area contributed by atoms with Gasteiger partial charge in [-0.25, -0.2) is 4.99 Å². The number of guanidine groups is 1. The molecule has 2 aromatic heterocycles. The number of hydrogen-bond acceptors (Lipinski definition) is 5. The maximum absolute atomic E-state index is 5.46. The first-order valence-corrected chi connectivity index (χ1v) is 8.93. The zero-order chi connectivity index (χ0) is 19.1. The molecule has 0 aromatic carbocycles. The van der Waals surface area contributed by atoms with Crippen molar-refractivity contribution in [1.29, 1.82) is 0 Å². The summed E-state index contributed by atoms with van der Waals surface area (Å²) >= 11 is 0. The van der Waals surface area contributed by atoms with Gasteiger partial charge in [0.2, 0.25) is 0 Å². The molecule has 0 fully saturated rings. The molecular formula is C19H29N5O2. The van der Waals surface area contributed by atoms with Gasteiger partial charge in [0.25, 0.3) is 0 Å². The van der Waals surface area contributed by atoms with Crippen LogP contribution in [0.25, 0.3) is 0 Å². The summed E-state index contributed by atoms with van der Waals surface area (Å²) in [6, 6.07) is 1.97. The van der Waals surface area contributed by atoms with E-state index in [9.17, 15) is 0 Å². The lowest BCUT2D eigenvalue weighted by atomic mass is 10.1. The third-order valence-electron chi connectivity index (χ3n) is 4.08. The van der Waals surface area contributed by atoms with E-state index < -0.39 is 0 Å². The summed E-state index contributed by atoms with van der Waals surface area (Å²) in [5, 5.41) is 10.6. The summed E-state index contributed by atoms with van der Waals surface area (Å²) in [5.41, 5.74) is 3.89. The van der Waals surface area contributed by atoms with Crippen molar-refractivity contribution in [3.05, 3.63) is 40.5 Å². The van der Waals surface area contributed by atoms with Crippen molar-refractivity contribution in [2.45, 2.75) is 53.6 Å². The predicted octanol–water partition coefficient (Wildman–Crippen LogP) is 3.07. The number of methoxy groups -OCH3 is 1. The number of nitrogens with one attached hydrogen (secondary N) is 2. The largest absolute Gasteiger partial charge is 0.496 e. The Labute approximate surface area is 155 Å². The second-order valence-electron chi connectivity index (χ2n) is 6.47. The van der Waals surface area contributed by atoms with Crippen LogP contribution in [0.3, 0.4) is 0 Å². The van der Waals surface area contributed by atoms with E-state index in [1.165, 1.54) is 0 Å². The van der Waals surface area contributed by atoms with Gasteiger partial charge in [0.05, 0.1) is 31.6 Å². The molecule has 0 unspecified atom stereocenters. The number of aryl methyl sites for hydroxylation is 1. The van der Waals surface area contributed by atoms with Crippen molar-refractivity contribution in [3.63, 3.8) is 0 Å². The van der Waals surface area contributed by atoms with Gasteiger partial charge in [-0.05, 0) is 26.7 Å². The molecule has 2 aromatic rings. The van der Waals surface area contributed by atoms with Crippen molar-refractivity contribution in [2.24, 2.45) is 4.99 Å². The van der Waals surface area contributed by atoms with Crippen molar-refractivity contribution < 1.29 is 9.26 Å². The Balaban J connectivity index is 2.06. The van der Waals surface area contributed by atoms with Crippen LogP contribution in [0, 0.1) is 13.8 Å². The molecule has 2 N–H and O–H groups in total. The standard InChI is InChI=1S/C19H29N5O2/c1-7-20-19(22-10-15-8-16(12(2)3)24-26-15)23-11-17-14(5)18(25-6)13(4)9-21-17/h8-9,12H,7,10-11H2,1-6H3,(H2,20,22,23). The summed E-state index contributed by atoms with van der Waals surface area (Å²) in [5.74, 6) is 2.70. The molecule has 142 valence electrons. The van der Waals surface area contributed by atoms with Crippen molar-refractivity contribution in [1.82, 2.24) is 20.8 Å². The summed E-state index contributed by atoms with van der Waals surface area (Å²) < 4.78 is 10.8. The maximum Gasteiger partial charge on any atom is 0.192 e. The number of aliphatic imine (C=N–C) groups is 1. The van der Waals surface area contributed by atoms with Gasteiger partial charge < -0.3 is 19.9 Å². The summed E-state index contributed by atoms with van der Waals surface area (Å²) in [6.07, 6.45) is 1.82. The van der Waals surface area contributed by atoms with Crippen molar-refractivity contribution in [3.8, 4) is 5.75 Å². The number of nitrogens with zero attached hydrogens (tertiary/aromatic N) is 3. The topological polar surface area (TPSA) is 84.6 Å². The Bertz CT molecular complexity index is 752. The number of rotatable bonds is 7. The third kappa shape index (κ3) is 4.97. The Kier molecular flexibility index (Phi) is 7.00. The second-order valence-corrected chi connectivity index (χ2v) is 6.47. The van der Waals surface area contributed by atoms with Crippen LogP contribution in [0.1, 0.15) is 55.0 Å². The molecule has 0 aliphatic carbocycles. The van der Waals surface area contributed by atoms with E-state index in [4.69, 9.17) is 9.26 Å². The van der Waals surface area contributed by atoms with Crippen LogP contribution >= 0.6 is 0 Å². The van der Waals surface area contributed by atoms with Gasteiger partial charge >= 0.3 is 0 Å². The van der Waals surface area contributed by atoms with Gasteiger partial charge in [-0.1, -0.05) is 19.0 Å². The van der Waals surface area contributed by atoms with Crippen LogP contribution in [0.2, 0.25) is 0 Å². The molecule has 0 spiro atoms. The van der Waals surface area contributed by atoms with E-state index in [1.807, 2.05) is 33.0 Å². The zero-order valence-corrected chi connectivity index (χ0v) is 16.5. The van der Waals surface area contributed by atoms with Gasteiger partial charge in [0.15, 0.2) is 11.7 Å². The smallest absolute Gasteiger partial charge is 0.192 e. The van der Waals surface area contributed by atoms with E-state index in [2.05, 4.69) is 39.6 Å². The minimum Gasteiger partial charge on any atom is -0.496 e. The fourth-order valence-electron chi connectivity index (χ4n) is 2.58. The molecule has 0 bridgehead atoms. The molecule has 0 saturated heterocycles. The summed E-state index contributed by atoms with van der Waals surface area (Å²) in [4.78, 5) is 9.11. The molecule has 0 amide bonds. The molecule has 7 nitrogen and oxygen atoms in total. The SMILES string of the molecule is CCNC(=NCc1ncc(C)c(OC)c1C)NCc1cc(C(C)C)no1. The highest BCUT2D eigenvalue weighted by Gasteiger charge is 2.10. The highest BCUT2D eigenvalue weighted by molar-refractivity contribution is 5.79. The van der Waals surface area contributed by atoms with Crippen molar-refractivity contribution >= 4 is 5.96 Å². The molecule has 0 aliphatic rings. The van der Waals surface area contributed by atoms with E-state index in [0.717, 1.165) is 40.6 Å². The highest BCUT2D eigenvalue weighted by atomic mass is 16.5. The van der Waals surface area contributed by atoms with Gasteiger partial charge in [-0.15, -0.1) is 0 Å². The molecule has 7 heteroatoms. The number of hydrogen-bond donors (Lipinski definition) is 2. The first kappa shape index (κ1) is 19.8. The van der Waals surface area contributed by atoms with Crippen LogP contribution in [-0.4, -0.2) is 29.8 Å². The number of aromatic nitrogens is 2. The fourth-order valence-corrected chi connectivity index (χ4v) is 2.58. The molecular weight excluding hydrogens is 330 g/mol. The van der Waals surface area contributed by atoms with Crippen LogP contribution < -0.4 is 15.4 Å². The van der Waals surface area contributed by atoms with Gasteiger partial charge in [-0.2, -0.15) is 0 Å². The van der Waals surface area contributed by atoms with E-state index in [-0.39, 0.29) is 0 Å². The molecule has 2 rings (SSSR count). The third-order valence-corrected chi connectivity index (χ3v) is 4.08. The summed E-state index contributed by atoms with van der Waals surface area (Å²) in [7, 11) is 1.68. The first-order valence-electron chi connectivity index (χ1n) is 8.93. The Hall–Kier alpha value is -2.57. The van der Waals surface area contributed by atoms with E-state index in [1.54, 1.807) is 7.11 Å². The zero-order valence-electron chi connectivity index (χ0n) is 16.5. The molecule has 0 aliphatic heterocycles. The number of pyridine rings is 1. The average molecular weight is 359 g/mol. The van der Waals surface area contributed by atoms with Gasteiger partial charge in [0.1, 0.15) is 5.75 Å². The van der Waals surface area contributed by atoms with Crippen LogP contribution in [0.5, 0.6) is 5.75 Å². The molecule has 0 radical (unpaired) electrons.